The van der Waals surface area contributed by atoms with Crippen LogP contribution < -0.4 is 14.8 Å². The molecule has 27 heavy (non-hydrogen) atoms. The van der Waals surface area contributed by atoms with Crippen LogP contribution in [0.15, 0.2) is 36.4 Å². The lowest BCUT2D eigenvalue weighted by Crippen LogP contribution is -2.22. The van der Waals surface area contributed by atoms with E-state index >= 15 is 0 Å². The maximum Gasteiger partial charge on any atom is 0.335 e. The first-order valence-electron chi connectivity index (χ1n) is 7.90. The number of nitrogens with zero attached hydrogens (tertiary/aromatic N) is 1. The minimum absolute atomic E-state index is 0.0716. The lowest BCUT2D eigenvalue weighted by Gasteiger charge is -2.15. The molecule has 2 amide bonds. The van der Waals surface area contributed by atoms with Crippen LogP contribution in [0.25, 0.3) is 0 Å². The second-order valence-electron chi connectivity index (χ2n) is 5.82. The molecule has 2 rings (SSSR count). The molecule has 0 spiro atoms. The molecular formula is C19H20N2O6. The largest absolute Gasteiger partial charge is 0.497 e. The van der Waals surface area contributed by atoms with Crippen LogP contribution in [-0.2, 0) is 0 Å². The number of ether oxygens (including phenoxy) is 2. The Labute approximate surface area is 156 Å². The molecule has 0 aliphatic rings. The summed E-state index contributed by atoms with van der Waals surface area (Å²) in [6.45, 7) is 0. The van der Waals surface area contributed by atoms with Crippen LogP contribution in [0, 0.1) is 0 Å². The predicted octanol–water partition coefficient (Wildman–Crippen LogP) is 2.36. The highest BCUT2D eigenvalue weighted by Gasteiger charge is 2.17. The molecule has 2 aromatic rings. The number of anilines is 1. The zero-order chi connectivity index (χ0) is 20.1. The minimum atomic E-state index is -1.17. The number of carboxylic acid groups (broad SMARTS) is 1. The van der Waals surface area contributed by atoms with Gasteiger partial charge in [0.2, 0.25) is 0 Å². The van der Waals surface area contributed by atoms with Gasteiger partial charge in [0.1, 0.15) is 11.5 Å². The van der Waals surface area contributed by atoms with E-state index in [0.717, 1.165) is 0 Å². The van der Waals surface area contributed by atoms with Crippen LogP contribution in [0.2, 0.25) is 0 Å². The predicted molar refractivity (Wildman–Crippen MR) is 98.9 cm³/mol. The number of methoxy groups -OCH3 is 2. The number of hydrogen-bond donors (Lipinski definition) is 2. The number of hydrogen-bond acceptors (Lipinski definition) is 5. The Morgan fingerprint density at radius 3 is 2.19 bits per heavy atom. The zero-order valence-electron chi connectivity index (χ0n) is 15.4. The summed E-state index contributed by atoms with van der Waals surface area (Å²) in [6, 6.07) is 8.65. The van der Waals surface area contributed by atoms with Gasteiger partial charge in [-0.2, -0.15) is 0 Å². The van der Waals surface area contributed by atoms with Crippen molar-refractivity contribution < 1.29 is 29.0 Å². The van der Waals surface area contributed by atoms with Crippen molar-refractivity contribution in [2.75, 3.05) is 33.6 Å². The third-order valence-electron chi connectivity index (χ3n) is 3.75. The van der Waals surface area contributed by atoms with E-state index in [9.17, 15) is 14.4 Å². The number of nitrogens with one attached hydrogen (secondary N) is 1. The van der Waals surface area contributed by atoms with E-state index in [1.165, 1.54) is 43.4 Å². The Morgan fingerprint density at radius 1 is 0.963 bits per heavy atom. The maximum absolute atomic E-state index is 12.5. The summed E-state index contributed by atoms with van der Waals surface area (Å²) in [6.07, 6.45) is 0. The van der Waals surface area contributed by atoms with Crippen LogP contribution >= 0.6 is 0 Å². The van der Waals surface area contributed by atoms with Crippen LogP contribution in [0.3, 0.4) is 0 Å². The van der Waals surface area contributed by atoms with Crippen molar-refractivity contribution in [2.24, 2.45) is 0 Å². The van der Waals surface area contributed by atoms with Crippen molar-refractivity contribution >= 4 is 23.5 Å². The quantitative estimate of drug-likeness (QED) is 0.806. The van der Waals surface area contributed by atoms with Crippen molar-refractivity contribution in [1.29, 1.82) is 0 Å². The van der Waals surface area contributed by atoms with E-state index in [2.05, 4.69) is 5.32 Å². The van der Waals surface area contributed by atoms with Crippen LogP contribution in [0.4, 0.5) is 5.69 Å². The van der Waals surface area contributed by atoms with Gasteiger partial charge in [-0.15, -0.1) is 0 Å². The Hall–Kier alpha value is -3.55. The highest BCUT2D eigenvalue weighted by molar-refractivity contribution is 6.07. The lowest BCUT2D eigenvalue weighted by atomic mass is 10.1. The first kappa shape index (κ1) is 19.8. The fraction of sp³-hybridized carbons (Fsp3) is 0.211. The highest BCUT2D eigenvalue weighted by Crippen LogP contribution is 2.25. The van der Waals surface area contributed by atoms with Gasteiger partial charge in [-0.1, -0.05) is 0 Å². The molecule has 0 bridgehead atoms. The third-order valence-corrected chi connectivity index (χ3v) is 3.75. The molecule has 0 saturated heterocycles. The molecule has 8 heteroatoms. The molecule has 2 N–H and O–H groups in total. The third kappa shape index (κ3) is 4.55. The minimum Gasteiger partial charge on any atom is -0.497 e. The van der Waals surface area contributed by atoms with E-state index in [0.29, 0.717) is 11.4 Å². The number of carbonyl (C=O) groups is 3. The second-order valence-corrected chi connectivity index (χ2v) is 5.82. The van der Waals surface area contributed by atoms with Crippen molar-refractivity contribution in [3.63, 3.8) is 0 Å². The second kappa shape index (κ2) is 8.22. The molecule has 0 fully saturated rings. The average Bonchev–Trinajstić information content (AvgIpc) is 2.66. The van der Waals surface area contributed by atoms with E-state index in [-0.39, 0.29) is 28.3 Å². The van der Waals surface area contributed by atoms with Crippen LogP contribution in [0.5, 0.6) is 11.5 Å². The molecule has 0 heterocycles. The van der Waals surface area contributed by atoms with Gasteiger partial charge in [0, 0.05) is 25.3 Å². The van der Waals surface area contributed by atoms with Crippen LogP contribution in [-0.4, -0.2) is 56.1 Å². The number of carbonyl (C=O) groups excluding carboxylic acids is 2. The van der Waals surface area contributed by atoms with Gasteiger partial charge in [0.05, 0.1) is 25.3 Å². The number of aromatic carboxylic acids is 1. The highest BCUT2D eigenvalue weighted by atomic mass is 16.5. The summed E-state index contributed by atoms with van der Waals surface area (Å²) in [5.74, 6) is -1.37. The van der Waals surface area contributed by atoms with Crippen molar-refractivity contribution in [2.45, 2.75) is 0 Å². The normalized spacial score (nSPS) is 10.1. The Balaban J connectivity index is 2.36. The fourth-order valence-electron chi connectivity index (χ4n) is 2.37. The van der Waals surface area contributed by atoms with Crippen molar-refractivity contribution in [1.82, 2.24) is 4.90 Å². The van der Waals surface area contributed by atoms with E-state index in [1.807, 2.05) is 0 Å². The molecule has 2 aromatic carbocycles. The Morgan fingerprint density at radius 2 is 1.63 bits per heavy atom. The molecule has 0 saturated carbocycles. The smallest absolute Gasteiger partial charge is 0.335 e. The zero-order valence-corrected chi connectivity index (χ0v) is 15.4. The lowest BCUT2D eigenvalue weighted by molar-refractivity contribution is 0.0696. The Bertz CT molecular complexity index is 892. The first-order chi connectivity index (χ1) is 12.8. The molecule has 0 unspecified atom stereocenters. The molecular weight excluding hydrogens is 352 g/mol. The molecule has 0 aromatic heterocycles. The Kier molecular flexibility index (Phi) is 6.02. The summed E-state index contributed by atoms with van der Waals surface area (Å²) in [4.78, 5) is 37.4. The first-order valence-corrected chi connectivity index (χ1v) is 7.90. The van der Waals surface area contributed by atoms with Crippen molar-refractivity contribution in [3.8, 4) is 11.5 Å². The van der Waals surface area contributed by atoms with Gasteiger partial charge in [0.15, 0.2) is 0 Å². The summed E-state index contributed by atoms with van der Waals surface area (Å²) in [5.41, 5.74) is 0.698. The monoisotopic (exact) mass is 372 g/mol. The number of rotatable bonds is 6. The van der Waals surface area contributed by atoms with E-state index in [1.54, 1.807) is 26.2 Å². The maximum atomic E-state index is 12.5. The molecule has 0 atom stereocenters. The number of amides is 2. The molecule has 0 aliphatic carbocycles. The summed E-state index contributed by atoms with van der Waals surface area (Å²) in [5, 5.41) is 11.8. The SMILES string of the molecule is COc1cc(C(=O)O)cc(C(=O)Nc2ccc(OC)c(C(=O)N(C)C)c2)c1. The molecule has 0 aliphatic heterocycles. The standard InChI is InChI=1S/C19H20N2O6/c1-21(2)18(23)15-10-13(5-6-16(15)27-4)20-17(22)11-7-12(19(24)25)9-14(8-11)26-3/h5-10H,1-4H3,(H,20,22)(H,24,25). The van der Waals surface area contributed by atoms with Gasteiger partial charge in [0.25, 0.3) is 11.8 Å². The van der Waals surface area contributed by atoms with Gasteiger partial charge < -0.3 is 24.8 Å². The van der Waals surface area contributed by atoms with Crippen molar-refractivity contribution in [3.05, 3.63) is 53.1 Å². The van der Waals surface area contributed by atoms with Gasteiger partial charge >= 0.3 is 5.97 Å². The number of carboxylic acids is 1. The molecule has 0 radical (unpaired) electrons. The van der Waals surface area contributed by atoms with Gasteiger partial charge in [-0.3, -0.25) is 9.59 Å². The molecule has 8 nitrogen and oxygen atoms in total. The van der Waals surface area contributed by atoms with E-state index < -0.39 is 11.9 Å². The van der Waals surface area contributed by atoms with Gasteiger partial charge in [-0.25, -0.2) is 4.79 Å². The summed E-state index contributed by atoms with van der Waals surface area (Å²) >= 11 is 0. The van der Waals surface area contributed by atoms with E-state index in [4.69, 9.17) is 14.6 Å². The average molecular weight is 372 g/mol. The summed E-state index contributed by atoms with van der Waals surface area (Å²) < 4.78 is 10.2. The van der Waals surface area contributed by atoms with Crippen LogP contribution in [0.1, 0.15) is 31.1 Å². The van der Waals surface area contributed by atoms with Gasteiger partial charge in [-0.05, 0) is 36.4 Å². The molecule has 142 valence electrons. The fourth-order valence-corrected chi connectivity index (χ4v) is 2.37. The summed E-state index contributed by atoms with van der Waals surface area (Å²) in [7, 11) is 6.04. The number of benzene rings is 2. The topological polar surface area (TPSA) is 105 Å².